The Morgan fingerprint density at radius 2 is 1.87 bits per heavy atom. The van der Waals surface area contributed by atoms with Crippen LogP contribution >= 0.6 is 34.2 Å². The van der Waals surface area contributed by atoms with Crippen molar-refractivity contribution >= 4 is 34.2 Å². The lowest BCUT2D eigenvalue weighted by Crippen LogP contribution is -2.11. The smallest absolute Gasteiger partial charge is 0.250 e. The van der Waals surface area contributed by atoms with Gasteiger partial charge in [0.15, 0.2) is 5.69 Å². The zero-order valence-electron chi connectivity index (χ0n) is 6.75. The highest BCUT2D eigenvalue weighted by atomic mass is 127. The standard InChI is InChI=1S/C7H2ClF5IN/c8-3-2(6(9)10)1-15-5(4(3)14)7(11,12)13/h1,6H. The van der Waals surface area contributed by atoms with Gasteiger partial charge in [-0.25, -0.2) is 8.78 Å². The molecule has 0 aliphatic heterocycles. The molecule has 0 fully saturated rings. The minimum Gasteiger partial charge on any atom is -0.250 e. The summed E-state index contributed by atoms with van der Waals surface area (Å²) in [6.45, 7) is 0. The molecule has 1 heterocycles. The molecule has 1 aromatic heterocycles. The second-order valence-electron chi connectivity index (χ2n) is 2.49. The number of nitrogens with zero attached hydrogens (tertiary/aromatic N) is 1. The number of halogens is 7. The summed E-state index contributed by atoms with van der Waals surface area (Å²) >= 11 is 6.61. The monoisotopic (exact) mass is 357 g/mol. The first-order valence-electron chi connectivity index (χ1n) is 3.44. The Balaban J connectivity index is 3.34. The van der Waals surface area contributed by atoms with Crippen molar-refractivity contribution in [1.82, 2.24) is 4.98 Å². The van der Waals surface area contributed by atoms with Crippen LogP contribution in [0.25, 0.3) is 0 Å². The van der Waals surface area contributed by atoms with E-state index in [1.54, 1.807) is 0 Å². The Morgan fingerprint density at radius 1 is 1.33 bits per heavy atom. The first-order chi connectivity index (χ1) is 6.75. The van der Waals surface area contributed by atoms with Crippen molar-refractivity contribution in [3.05, 3.63) is 26.0 Å². The van der Waals surface area contributed by atoms with E-state index in [1.165, 1.54) is 22.6 Å². The Hall–Kier alpha value is -0.180. The van der Waals surface area contributed by atoms with Crippen LogP contribution in [0.15, 0.2) is 6.20 Å². The molecule has 8 heteroatoms. The van der Waals surface area contributed by atoms with Crippen LogP contribution in [0.4, 0.5) is 22.0 Å². The fraction of sp³-hybridized carbons (Fsp3) is 0.286. The maximum Gasteiger partial charge on any atom is 0.434 e. The highest BCUT2D eigenvalue weighted by molar-refractivity contribution is 14.1. The van der Waals surface area contributed by atoms with E-state index in [-0.39, 0.29) is 0 Å². The molecule has 0 aromatic carbocycles. The molecule has 0 N–H and O–H groups in total. The molecule has 84 valence electrons. The summed E-state index contributed by atoms with van der Waals surface area (Å²) in [5, 5.41) is -0.604. The van der Waals surface area contributed by atoms with E-state index in [4.69, 9.17) is 11.6 Å². The maximum atomic E-state index is 12.2. The minimum absolute atomic E-state index is 0.442. The van der Waals surface area contributed by atoms with E-state index in [9.17, 15) is 22.0 Å². The van der Waals surface area contributed by atoms with Crippen molar-refractivity contribution < 1.29 is 22.0 Å². The fourth-order valence-corrected chi connectivity index (χ4v) is 1.81. The van der Waals surface area contributed by atoms with Gasteiger partial charge in [0.25, 0.3) is 6.43 Å². The lowest BCUT2D eigenvalue weighted by molar-refractivity contribution is -0.141. The van der Waals surface area contributed by atoms with Crippen molar-refractivity contribution in [2.24, 2.45) is 0 Å². The molecule has 0 aliphatic carbocycles. The zero-order valence-corrected chi connectivity index (χ0v) is 9.66. The molecule has 0 atom stereocenters. The second-order valence-corrected chi connectivity index (χ2v) is 3.95. The van der Waals surface area contributed by atoms with Gasteiger partial charge in [0.2, 0.25) is 0 Å². The zero-order chi connectivity index (χ0) is 11.8. The van der Waals surface area contributed by atoms with Gasteiger partial charge in [0.1, 0.15) is 0 Å². The fourth-order valence-electron chi connectivity index (χ4n) is 0.828. The molecular formula is C7H2ClF5IN. The lowest BCUT2D eigenvalue weighted by atomic mass is 10.2. The van der Waals surface area contributed by atoms with Crippen LogP contribution in [0.1, 0.15) is 17.7 Å². The van der Waals surface area contributed by atoms with E-state index in [0.29, 0.717) is 6.20 Å². The summed E-state index contributed by atoms with van der Waals surface area (Å²) in [7, 11) is 0. The molecule has 1 nitrogen and oxygen atoms in total. The summed E-state index contributed by atoms with van der Waals surface area (Å²) < 4.78 is 60.7. The molecule has 0 saturated carbocycles. The quantitative estimate of drug-likeness (QED) is 0.540. The molecule has 1 aromatic rings. The molecular weight excluding hydrogens is 355 g/mol. The largest absolute Gasteiger partial charge is 0.434 e. The van der Waals surface area contributed by atoms with Crippen molar-refractivity contribution in [3.63, 3.8) is 0 Å². The van der Waals surface area contributed by atoms with Gasteiger partial charge in [-0.15, -0.1) is 0 Å². The second kappa shape index (κ2) is 4.36. The Labute approximate surface area is 99.8 Å². The highest BCUT2D eigenvalue weighted by Gasteiger charge is 2.36. The van der Waals surface area contributed by atoms with Crippen LogP contribution in [-0.4, -0.2) is 4.98 Å². The maximum absolute atomic E-state index is 12.2. The summed E-state index contributed by atoms with van der Waals surface area (Å²) in [5.41, 5.74) is -1.95. The van der Waals surface area contributed by atoms with Gasteiger partial charge in [0.05, 0.1) is 14.2 Å². The third kappa shape index (κ3) is 2.68. The van der Waals surface area contributed by atoms with Crippen LogP contribution < -0.4 is 0 Å². The van der Waals surface area contributed by atoms with Crippen LogP contribution in [-0.2, 0) is 6.18 Å². The minimum atomic E-state index is -4.69. The molecule has 0 bridgehead atoms. The van der Waals surface area contributed by atoms with E-state index in [2.05, 4.69) is 4.98 Å². The predicted molar refractivity (Wildman–Crippen MR) is 51.9 cm³/mol. The van der Waals surface area contributed by atoms with Gasteiger partial charge in [0, 0.05) is 6.20 Å². The van der Waals surface area contributed by atoms with Gasteiger partial charge in [-0.2, -0.15) is 13.2 Å². The first kappa shape index (κ1) is 12.9. The van der Waals surface area contributed by atoms with Gasteiger partial charge >= 0.3 is 6.18 Å². The van der Waals surface area contributed by atoms with Crippen molar-refractivity contribution in [3.8, 4) is 0 Å². The summed E-state index contributed by atoms with van der Waals surface area (Å²) in [6, 6.07) is 0. The van der Waals surface area contributed by atoms with E-state index < -0.39 is 32.5 Å². The van der Waals surface area contributed by atoms with Crippen LogP contribution in [0.5, 0.6) is 0 Å². The summed E-state index contributed by atoms with van der Waals surface area (Å²) in [4.78, 5) is 2.93. The SMILES string of the molecule is FC(F)c1cnc(C(F)(F)F)c(I)c1Cl. The number of hydrogen-bond donors (Lipinski definition) is 0. The normalized spacial score (nSPS) is 12.3. The average molecular weight is 357 g/mol. The molecule has 15 heavy (non-hydrogen) atoms. The van der Waals surface area contributed by atoms with Gasteiger partial charge in [-0.1, -0.05) is 11.6 Å². The Kier molecular flexibility index (Phi) is 3.75. The first-order valence-corrected chi connectivity index (χ1v) is 4.90. The number of pyridine rings is 1. The molecule has 0 aliphatic rings. The topological polar surface area (TPSA) is 12.9 Å². The third-order valence-corrected chi connectivity index (χ3v) is 3.27. The van der Waals surface area contributed by atoms with Gasteiger partial charge in [-0.3, -0.25) is 4.98 Å². The van der Waals surface area contributed by atoms with Crippen LogP contribution in [0, 0.1) is 3.57 Å². The lowest BCUT2D eigenvalue weighted by Gasteiger charge is -2.11. The van der Waals surface area contributed by atoms with Gasteiger partial charge in [-0.05, 0) is 22.6 Å². The van der Waals surface area contributed by atoms with E-state index >= 15 is 0 Å². The number of alkyl halides is 5. The van der Waals surface area contributed by atoms with Crippen molar-refractivity contribution in [2.45, 2.75) is 12.6 Å². The van der Waals surface area contributed by atoms with Crippen LogP contribution in [0.2, 0.25) is 5.02 Å². The number of hydrogen-bond acceptors (Lipinski definition) is 1. The Bertz CT molecular complexity index is 378. The number of rotatable bonds is 1. The third-order valence-electron chi connectivity index (χ3n) is 1.49. The molecule has 1 rings (SSSR count). The summed E-state index contributed by atoms with van der Waals surface area (Å²) in [6.07, 6.45) is -7.19. The van der Waals surface area contributed by atoms with E-state index in [1.807, 2.05) is 0 Å². The Morgan fingerprint density at radius 3 is 2.27 bits per heavy atom. The van der Waals surface area contributed by atoms with Gasteiger partial charge < -0.3 is 0 Å². The van der Waals surface area contributed by atoms with E-state index in [0.717, 1.165) is 0 Å². The molecule has 0 spiro atoms. The molecule has 0 saturated heterocycles. The molecule has 0 amide bonds. The summed E-state index contributed by atoms with van der Waals surface area (Å²) in [5.74, 6) is 0. The van der Waals surface area contributed by atoms with Crippen molar-refractivity contribution in [1.29, 1.82) is 0 Å². The number of aromatic nitrogens is 1. The average Bonchev–Trinajstić information content (AvgIpc) is 2.06. The van der Waals surface area contributed by atoms with Crippen LogP contribution in [0.3, 0.4) is 0 Å². The molecule has 0 radical (unpaired) electrons. The highest BCUT2D eigenvalue weighted by Crippen LogP contribution is 2.37. The predicted octanol–water partition coefficient (Wildman–Crippen LogP) is 4.30. The molecule has 0 unspecified atom stereocenters. The van der Waals surface area contributed by atoms with Crippen molar-refractivity contribution in [2.75, 3.05) is 0 Å².